The molecular formula is C21H26O2. The van der Waals surface area contributed by atoms with Crippen molar-refractivity contribution in [1.29, 1.82) is 0 Å². The molecule has 2 nitrogen and oxygen atoms in total. The van der Waals surface area contributed by atoms with Gasteiger partial charge in [0.15, 0.2) is 0 Å². The minimum Gasteiger partial charge on any atom is -0.507 e. The van der Waals surface area contributed by atoms with Crippen molar-refractivity contribution in [1.82, 2.24) is 0 Å². The molecule has 23 heavy (non-hydrogen) atoms. The van der Waals surface area contributed by atoms with E-state index in [4.69, 9.17) is 4.74 Å². The van der Waals surface area contributed by atoms with Crippen molar-refractivity contribution in [2.45, 2.75) is 45.1 Å². The number of rotatable bonds is 4. The van der Waals surface area contributed by atoms with Crippen LogP contribution in [0, 0.1) is 19.8 Å². The molecule has 0 saturated heterocycles. The average Bonchev–Trinajstić information content (AvgIpc) is 3.02. The molecule has 0 spiro atoms. The number of aromatic hydroxyl groups is 1. The fourth-order valence-electron chi connectivity index (χ4n) is 4.20. The number of phenolic OH excluding ortho intramolecular Hbond substituents is 1. The van der Waals surface area contributed by atoms with E-state index < -0.39 is 0 Å². The minimum atomic E-state index is 0.0861. The van der Waals surface area contributed by atoms with Gasteiger partial charge in [-0.05, 0) is 55.2 Å². The van der Waals surface area contributed by atoms with Gasteiger partial charge in [-0.15, -0.1) is 0 Å². The lowest BCUT2D eigenvalue weighted by Crippen LogP contribution is -2.19. The molecule has 0 aliphatic heterocycles. The van der Waals surface area contributed by atoms with Gasteiger partial charge in [0.25, 0.3) is 0 Å². The van der Waals surface area contributed by atoms with Crippen molar-refractivity contribution in [2.24, 2.45) is 5.92 Å². The van der Waals surface area contributed by atoms with E-state index in [-0.39, 0.29) is 6.10 Å². The number of ether oxygens (including phenoxy) is 1. The average molecular weight is 310 g/mol. The Morgan fingerprint density at radius 2 is 1.70 bits per heavy atom. The van der Waals surface area contributed by atoms with E-state index in [0.29, 0.717) is 17.6 Å². The molecule has 0 radical (unpaired) electrons. The zero-order chi connectivity index (χ0) is 16.4. The Morgan fingerprint density at radius 1 is 1.00 bits per heavy atom. The van der Waals surface area contributed by atoms with Crippen LogP contribution < -0.4 is 0 Å². The van der Waals surface area contributed by atoms with Crippen LogP contribution in [0.25, 0.3) is 0 Å². The maximum atomic E-state index is 10.6. The van der Waals surface area contributed by atoms with Gasteiger partial charge in [-0.2, -0.15) is 0 Å². The van der Waals surface area contributed by atoms with Gasteiger partial charge in [-0.25, -0.2) is 0 Å². The van der Waals surface area contributed by atoms with Gasteiger partial charge in [0, 0.05) is 12.7 Å². The molecule has 2 heteroatoms. The molecule has 3 rings (SSSR count). The molecule has 1 aliphatic rings. The van der Waals surface area contributed by atoms with Crippen molar-refractivity contribution in [3.63, 3.8) is 0 Å². The zero-order valence-electron chi connectivity index (χ0n) is 14.3. The summed E-state index contributed by atoms with van der Waals surface area (Å²) in [6.07, 6.45) is 3.54. The van der Waals surface area contributed by atoms with Crippen LogP contribution >= 0.6 is 0 Å². The quantitative estimate of drug-likeness (QED) is 0.832. The third-order valence-electron chi connectivity index (χ3n) is 5.35. The Kier molecular flexibility index (Phi) is 4.72. The second-order valence-electron chi connectivity index (χ2n) is 6.73. The molecule has 1 saturated carbocycles. The number of phenols is 1. The van der Waals surface area contributed by atoms with E-state index in [9.17, 15) is 5.11 Å². The molecule has 0 amide bonds. The summed E-state index contributed by atoms with van der Waals surface area (Å²) >= 11 is 0. The second-order valence-corrected chi connectivity index (χ2v) is 6.73. The van der Waals surface area contributed by atoms with Crippen molar-refractivity contribution in [3.05, 3.63) is 64.7 Å². The molecule has 1 unspecified atom stereocenters. The van der Waals surface area contributed by atoms with E-state index in [0.717, 1.165) is 24.0 Å². The summed E-state index contributed by atoms with van der Waals surface area (Å²) < 4.78 is 5.90. The third kappa shape index (κ3) is 3.00. The largest absolute Gasteiger partial charge is 0.507 e. The summed E-state index contributed by atoms with van der Waals surface area (Å²) in [7, 11) is 1.80. The Balaban J connectivity index is 1.99. The van der Waals surface area contributed by atoms with Crippen LogP contribution in [0.3, 0.4) is 0 Å². The molecule has 122 valence electrons. The van der Waals surface area contributed by atoms with E-state index in [1.165, 1.54) is 17.5 Å². The van der Waals surface area contributed by atoms with Crippen LogP contribution in [0.15, 0.2) is 42.5 Å². The van der Waals surface area contributed by atoms with Crippen LogP contribution in [0.2, 0.25) is 0 Å². The number of hydrogen-bond donors (Lipinski definition) is 1. The summed E-state index contributed by atoms with van der Waals surface area (Å²) in [5, 5.41) is 10.6. The first-order valence-electron chi connectivity index (χ1n) is 8.50. The first kappa shape index (κ1) is 16.1. The maximum absolute atomic E-state index is 10.6. The van der Waals surface area contributed by atoms with Gasteiger partial charge >= 0.3 is 0 Å². The normalized spacial score (nSPS) is 22.2. The molecule has 0 bridgehead atoms. The first-order valence-corrected chi connectivity index (χ1v) is 8.50. The highest BCUT2D eigenvalue weighted by Crippen LogP contribution is 2.50. The van der Waals surface area contributed by atoms with E-state index in [1.54, 1.807) is 7.11 Å². The van der Waals surface area contributed by atoms with Crippen LogP contribution in [0.1, 0.15) is 53.5 Å². The summed E-state index contributed by atoms with van der Waals surface area (Å²) in [6.45, 7) is 4.08. The van der Waals surface area contributed by atoms with Crippen LogP contribution in [0.5, 0.6) is 5.75 Å². The van der Waals surface area contributed by atoms with Gasteiger partial charge in [-0.1, -0.05) is 48.9 Å². The van der Waals surface area contributed by atoms with Gasteiger partial charge in [0.05, 0.1) is 6.10 Å². The second kappa shape index (κ2) is 6.76. The summed E-state index contributed by atoms with van der Waals surface area (Å²) in [5.41, 5.74) is 4.51. The molecule has 0 heterocycles. The Hall–Kier alpha value is -1.80. The topological polar surface area (TPSA) is 29.5 Å². The highest BCUT2D eigenvalue weighted by Gasteiger charge is 2.37. The van der Waals surface area contributed by atoms with Crippen LogP contribution in [-0.4, -0.2) is 12.2 Å². The summed E-state index contributed by atoms with van der Waals surface area (Å²) in [4.78, 5) is 0. The lowest BCUT2D eigenvalue weighted by molar-refractivity contribution is 0.0464. The van der Waals surface area contributed by atoms with Crippen molar-refractivity contribution in [3.8, 4) is 5.75 Å². The predicted octanol–water partition coefficient (Wildman–Crippen LogP) is 5.28. The zero-order valence-corrected chi connectivity index (χ0v) is 14.3. The molecule has 1 N–H and O–H groups in total. The van der Waals surface area contributed by atoms with Gasteiger partial charge in [-0.3, -0.25) is 0 Å². The molecule has 1 aliphatic carbocycles. The SMILES string of the molecule is COC(c1ccccc1)[C@@H]1CCC[C@H]1c1c(C)ccc(C)c1O. The number of aryl methyl sites for hydroxylation is 2. The highest BCUT2D eigenvalue weighted by molar-refractivity contribution is 5.47. The fourth-order valence-corrected chi connectivity index (χ4v) is 4.20. The number of hydrogen-bond acceptors (Lipinski definition) is 2. The third-order valence-corrected chi connectivity index (χ3v) is 5.35. The highest BCUT2D eigenvalue weighted by atomic mass is 16.5. The van der Waals surface area contributed by atoms with Gasteiger partial charge in [0.1, 0.15) is 5.75 Å². The predicted molar refractivity (Wildman–Crippen MR) is 93.9 cm³/mol. The van der Waals surface area contributed by atoms with Crippen LogP contribution in [-0.2, 0) is 4.74 Å². The molecule has 2 aromatic rings. The Bertz CT molecular complexity index is 663. The molecule has 0 aromatic heterocycles. The summed E-state index contributed by atoms with van der Waals surface area (Å²) in [6, 6.07) is 14.6. The van der Waals surface area contributed by atoms with Gasteiger partial charge in [0.2, 0.25) is 0 Å². The van der Waals surface area contributed by atoms with E-state index in [1.807, 2.05) is 19.1 Å². The van der Waals surface area contributed by atoms with Crippen molar-refractivity contribution >= 4 is 0 Å². The summed E-state index contributed by atoms with van der Waals surface area (Å²) in [5.74, 6) is 1.25. The standard InChI is InChI=1S/C21H26O2/c1-14-12-13-15(2)20(22)19(14)17-10-7-11-18(17)21(23-3)16-8-5-4-6-9-16/h4-6,8-9,12-13,17-18,21-22H,7,10-11H2,1-3H3/t17-,18-,21?/m1/s1. The fraction of sp³-hybridized carbons (Fsp3) is 0.429. The lowest BCUT2D eigenvalue weighted by atomic mass is 9.80. The van der Waals surface area contributed by atoms with Gasteiger partial charge < -0.3 is 9.84 Å². The monoisotopic (exact) mass is 310 g/mol. The van der Waals surface area contributed by atoms with Crippen molar-refractivity contribution in [2.75, 3.05) is 7.11 Å². The van der Waals surface area contributed by atoms with E-state index in [2.05, 4.69) is 37.3 Å². The maximum Gasteiger partial charge on any atom is 0.122 e. The molecule has 2 aromatic carbocycles. The molecule has 1 fully saturated rings. The van der Waals surface area contributed by atoms with E-state index >= 15 is 0 Å². The van der Waals surface area contributed by atoms with Crippen LogP contribution in [0.4, 0.5) is 0 Å². The minimum absolute atomic E-state index is 0.0861. The number of methoxy groups -OCH3 is 1. The smallest absolute Gasteiger partial charge is 0.122 e. The molecule has 3 atom stereocenters. The first-order chi connectivity index (χ1) is 11.1. The Morgan fingerprint density at radius 3 is 2.39 bits per heavy atom. The number of benzene rings is 2. The van der Waals surface area contributed by atoms with Crippen molar-refractivity contribution < 1.29 is 9.84 Å². The lowest BCUT2D eigenvalue weighted by Gasteiger charge is -2.30. The Labute approximate surface area is 139 Å². The molecular weight excluding hydrogens is 284 g/mol.